The van der Waals surface area contributed by atoms with Crippen LogP contribution in [0.15, 0.2) is 12.4 Å². The first-order chi connectivity index (χ1) is 8.33. The van der Waals surface area contributed by atoms with Crippen LogP contribution in [0.25, 0.3) is 0 Å². The molecule has 1 fully saturated rings. The van der Waals surface area contributed by atoms with E-state index in [0.717, 1.165) is 12.2 Å². The van der Waals surface area contributed by atoms with Crippen molar-refractivity contribution in [3.8, 4) is 0 Å². The summed E-state index contributed by atoms with van der Waals surface area (Å²) in [6.45, 7) is 2.20. The third kappa shape index (κ3) is 3.30. The summed E-state index contributed by atoms with van der Waals surface area (Å²) in [4.78, 5) is 7.54. The van der Waals surface area contributed by atoms with E-state index >= 15 is 0 Å². The van der Waals surface area contributed by atoms with Crippen LogP contribution < -0.4 is 5.32 Å². The van der Waals surface area contributed by atoms with Gasteiger partial charge in [0.15, 0.2) is 0 Å². The van der Waals surface area contributed by atoms with Crippen LogP contribution in [0.1, 0.15) is 50.9 Å². The highest BCUT2D eigenvalue weighted by Gasteiger charge is 2.23. The molecule has 0 aromatic carbocycles. The van der Waals surface area contributed by atoms with Gasteiger partial charge in [-0.3, -0.25) is 0 Å². The molecule has 0 bridgehead atoms. The summed E-state index contributed by atoms with van der Waals surface area (Å²) in [6.07, 6.45) is 9.99. The summed E-state index contributed by atoms with van der Waals surface area (Å²) in [5, 5.41) is 3.70. The smallest absolute Gasteiger partial charge is 0.123 e. The zero-order valence-electron chi connectivity index (χ0n) is 10.8. The zero-order chi connectivity index (χ0) is 12.1. The molecule has 17 heavy (non-hydrogen) atoms. The van der Waals surface area contributed by atoms with E-state index in [1.54, 1.807) is 0 Å². The van der Waals surface area contributed by atoms with Crippen LogP contribution in [-0.4, -0.2) is 29.2 Å². The number of imidazole rings is 1. The maximum Gasteiger partial charge on any atom is 0.123 e. The second-order valence-corrected chi connectivity index (χ2v) is 4.81. The molecular formula is C13H23N3O. The normalized spacial score (nSPS) is 26.9. The molecule has 0 spiro atoms. The Kier molecular flexibility index (Phi) is 4.57. The number of nitrogens with zero attached hydrogens (tertiary/aromatic N) is 1. The number of hydrogen-bond acceptors (Lipinski definition) is 3. The molecule has 1 aromatic heterocycles. The van der Waals surface area contributed by atoms with Gasteiger partial charge in [-0.05, 0) is 32.1 Å². The van der Waals surface area contributed by atoms with Crippen molar-refractivity contribution in [1.82, 2.24) is 15.3 Å². The lowest BCUT2D eigenvalue weighted by atomic mass is 9.92. The van der Waals surface area contributed by atoms with Gasteiger partial charge in [-0.15, -0.1) is 0 Å². The molecule has 1 aliphatic carbocycles. The number of nitrogens with one attached hydrogen (secondary N) is 2. The fourth-order valence-electron chi connectivity index (χ4n) is 2.61. The second-order valence-electron chi connectivity index (χ2n) is 4.81. The second kappa shape index (κ2) is 6.17. The highest BCUT2D eigenvalue weighted by atomic mass is 16.5. The van der Waals surface area contributed by atoms with Gasteiger partial charge in [-0.25, -0.2) is 4.98 Å². The maximum atomic E-state index is 5.40. The van der Waals surface area contributed by atoms with E-state index in [-0.39, 0.29) is 0 Å². The molecule has 0 radical (unpaired) electrons. The molecule has 1 atom stereocenters. The van der Waals surface area contributed by atoms with Crippen molar-refractivity contribution < 1.29 is 4.74 Å². The third-order valence-electron chi connectivity index (χ3n) is 3.70. The van der Waals surface area contributed by atoms with Gasteiger partial charge in [-0.2, -0.15) is 0 Å². The van der Waals surface area contributed by atoms with Gasteiger partial charge >= 0.3 is 0 Å². The van der Waals surface area contributed by atoms with E-state index in [2.05, 4.69) is 22.2 Å². The fraction of sp³-hybridized carbons (Fsp3) is 0.769. The molecule has 1 aromatic rings. The summed E-state index contributed by atoms with van der Waals surface area (Å²) < 4.78 is 5.40. The van der Waals surface area contributed by atoms with E-state index in [1.165, 1.54) is 25.7 Å². The minimum absolute atomic E-state index is 0.356. The van der Waals surface area contributed by atoms with E-state index in [1.807, 2.05) is 19.5 Å². The molecule has 0 amide bonds. The number of aromatic nitrogens is 2. The maximum absolute atomic E-state index is 5.40. The number of hydrogen-bond donors (Lipinski definition) is 2. The predicted octanol–water partition coefficient (Wildman–Crippen LogP) is 2.41. The van der Waals surface area contributed by atoms with Crippen LogP contribution >= 0.6 is 0 Å². The lowest BCUT2D eigenvalue weighted by molar-refractivity contribution is 0.0609. The number of H-pyrrole nitrogens is 1. The van der Waals surface area contributed by atoms with Crippen LogP contribution in [0.2, 0.25) is 0 Å². The molecule has 1 heterocycles. The molecule has 0 aliphatic heterocycles. The molecule has 2 rings (SSSR count). The molecular weight excluding hydrogens is 214 g/mol. The highest BCUT2D eigenvalue weighted by molar-refractivity contribution is 4.96. The predicted molar refractivity (Wildman–Crippen MR) is 67.8 cm³/mol. The molecule has 1 saturated carbocycles. The summed E-state index contributed by atoms with van der Waals surface area (Å²) in [5.74, 6) is 1.06. The molecule has 1 aliphatic rings. The Hall–Kier alpha value is -0.870. The van der Waals surface area contributed by atoms with Gasteiger partial charge < -0.3 is 15.0 Å². The average Bonchev–Trinajstić information content (AvgIpc) is 2.90. The topological polar surface area (TPSA) is 49.9 Å². The number of aromatic amines is 1. The Bertz CT molecular complexity index is 304. The van der Waals surface area contributed by atoms with Gasteiger partial charge in [-0.1, -0.05) is 6.92 Å². The summed E-state index contributed by atoms with van der Waals surface area (Å²) >= 11 is 0. The molecule has 2 N–H and O–H groups in total. The third-order valence-corrected chi connectivity index (χ3v) is 3.70. The summed E-state index contributed by atoms with van der Waals surface area (Å²) in [5.41, 5.74) is 0. The first-order valence-electron chi connectivity index (χ1n) is 6.61. The Morgan fingerprint density at radius 3 is 2.76 bits per heavy atom. The van der Waals surface area contributed by atoms with Crippen molar-refractivity contribution >= 4 is 0 Å². The molecule has 0 saturated heterocycles. The van der Waals surface area contributed by atoms with Crippen molar-refractivity contribution in [3.05, 3.63) is 18.2 Å². The van der Waals surface area contributed by atoms with Crippen LogP contribution in [0.5, 0.6) is 0 Å². The van der Waals surface area contributed by atoms with Gasteiger partial charge in [0, 0.05) is 25.5 Å². The monoisotopic (exact) mass is 237 g/mol. The minimum Gasteiger partial charge on any atom is -0.381 e. The average molecular weight is 237 g/mol. The van der Waals surface area contributed by atoms with E-state index < -0.39 is 0 Å². The minimum atomic E-state index is 0.356. The largest absolute Gasteiger partial charge is 0.381 e. The quantitative estimate of drug-likeness (QED) is 0.827. The SMILES string of the molecule is CCC(NC1CCC(OC)CC1)c1ncc[nH]1. The van der Waals surface area contributed by atoms with E-state index in [9.17, 15) is 0 Å². The molecule has 96 valence electrons. The first kappa shape index (κ1) is 12.6. The lowest BCUT2D eigenvalue weighted by Gasteiger charge is -2.30. The van der Waals surface area contributed by atoms with Crippen molar-refractivity contribution in [1.29, 1.82) is 0 Å². The van der Waals surface area contributed by atoms with Crippen molar-refractivity contribution in [2.24, 2.45) is 0 Å². The first-order valence-corrected chi connectivity index (χ1v) is 6.61. The molecule has 4 nitrogen and oxygen atoms in total. The van der Waals surface area contributed by atoms with Crippen molar-refractivity contribution in [3.63, 3.8) is 0 Å². The summed E-state index contributed by atoms with van der Waals surface area (Å²) in [7, 11) is 1.82. The Balaban J connectivity index is 1.84. The Morgan fingerprint density at radius 1 is 1.47 bits per heavy atom. The van der Waals surface area contributed by atoms with Crippen molar-refractivity contribution in [2.75, 3.05) is 7.11 Å². The Morgan fingerprint density at radius 2 is 2.24 bits per heavy atom. The van der Waals surface area contributed by atoms with Crippen LogP contribution in [0.4, 0.5) is 0 Å². The Labute approximate surface area is 103 Å². The van der Waals surface area contributed by atoms with Crippen LogP contribution in [-0.2, 0) is 4.74 Å². The van der Waals surface area contributed by atoms with Crippen LogP contribution in [0, 0.1) is 0 Å². The zero-order valence-corrected chi connectivity index (χ0v) is 10.8. The molecule has 1 unspecified atom stereocenters. The number of ether oxygens (including phenoxy) is 1. The molecule has 4 heteroatoms. The van der Waals surface area contributed by atoms with Crippen LogP contribution in [0.3, 0.4) is 0 Å². The fourth-order valence-corrected chi connectivity index (χ4v) is 2.61. The lowest BCUT2D eigenvalue weighted by Crippen LogP contribution is -2.37. The van der Waals surface area contributed by atoms with Gasteiger partial charge in [0.2, 0.25) is 0 Å². The number of rotatable bonds is 5. The van der Waals surface area contributed by atoms with Gasteiger partial charge in [0.05, 0.1) is 12.1 Å². The number of methoxy groups -OCH3 is 1. The summed E-state index contributed by atoms with van der Waals surface area (Å²) in [6, 6.07) is 0.963. The van der Waals surface area contributed by atoms with Gasteiger partial charge in [0.1, 0.15) is 5.82 Å². The standard InChI is InChI=1S/C13H23N3O/c1-3-12(13-14-8-9-15-13)16-10-4-6-11(17-2)7-5-10/h8-12,16H,3-7H2,1-2H3,(H,14,15). The van der Waals surface area contributed by atoms with E-state index in [4.69, 9.17) is 4.74 Å². The van der Waals surface area contributed by atoms with Gasteiger partial charge in [0.25, 0.3) is 0 Å². The van der Waals surface area contributed by atoms with Crippen molar-refractivity contribution in [2.45, 2.75) is 57.2 Å². The van der Waals surface area contributed by atoms with E-state index in [0.29, 0.717) is 18.2 Å². The highest BCUT2D eigenvalue weighted by Crippen LogP contribution is 2.23.